The highest BCUT2D eigenvalue weighted by atomic mass is 32.1. The van der Waals surface area contributed by atoms with Crippen LogP contribution in [0.2, 0.25) is 0 Å². The number of nitrogens with zero attached hydrogens (tertiary/aromatic N) is 2. The van der Waals surface area contributed by atoms with Gasteiger partial charge in [-0.2, -0.15) is 0 Å². The van der Waals surface area contributed by atoms with Crippen LogP contribution in [0.1, 0.15) is 45.4 Å². The van der Waals surface area contributed by atoms with E-state index < -0.39 is 12.0 Å². The van der Waals surface area contributed by atoms with Gasteiger partial charge in [-0.15, -0.1) is 11.3 Å². The minimum Gasteiger partial charge on any atom is -0.480 e. The predicted octanol–water partition coefficient (Wildman–Crippen LogP) is 2.67. The number of thiazole rings is 1. The first-order valence-electron chi connectivity index (χ1n) is 7.69. The summed E-state index contributed by atoms with van der Waals surface area (Å²) in [5, 5.41) is 12.3. The van der Waals surface area contributed by atoms with Crippen molar-refractivity contribution in [1.29, 1.82) is 0 Å². The number of aliphatic carboxylic acids is 1. The molecule has 2 aromatic rings. The molecule has 2 aliphatic rings. The highest BCUT2D eigenvalue weighted by Crippen LogP contribution is 2.41. The summed E-state index contributed by atoms with van der Waals surface area (Å²) in [5.74, 6) is -0.751. The van der Waals surface area contributed by atoms with Crippen molar-refractivity contribution >= 4 is 23.2 Å². The summed E-state index contributed by atoms with van der Waals surface area (Å²) in [7, 11) is 0. The molecule has 118 valence electrons. The molecule has 23 heavy (non-hydrogen) atoms. The van der Waals surface area contributed by atoms with Crippen molar-refractivity contribution in [2.75, 3.05) is 0 Å². The van der Waals surface area contributed by atoms with E-state index in [-0.39, 0.29) is 5.91 Å². The highest BCUT2D eigenvalue weighted by molar-refractivity contribution is 7.10. The number of hydrogen-bond acceptors (Lipinski definition) is 4. The Labute approximate surface area is 137 Å². The standard InChI is InChI=1S/C17H16N2O3S/c20-16(13-9-23-15(18-13)10-5-6-10)19-8-12-4-2-1-3-11(12)7-14(19)17(21)22/h1-4,9-10,14H,5-8H2,(H,21,22)/t14-/m0/s1. The fourth-order valence-corrected chi connectivity index (χ4v) is 3.97. The van der Waals surface area contributed by atoms with Crippen LogP contribution in [0, 0.1) is 0 Å². The molecule has 1 aliphatic heterocycles. The third kappa shape index (κ3) is 2.63. The van der Waals surface area contributed by atoms with Crippen LogP contribution in [0.25, 0.3) is 0 Å². The van der Waals surface area contributed by atoms with Crippen LogP contribution in [0.15, 0.2) is 29.6 Å². The number of carbonyl (C=O) groups is 2. The number of rotatable bonds is 3. The average Bonchev–Trinajstić information content (AvgIpc) is 3.30. The van der Waals surface area contributed by atoms with E-state index in [1.54, 1.807) is 5.38 Å². The lowest BCUT2D eigenvalue weighted by molar-refractivity contribution is -0.142. The second-order valence-electron chi connectivity index (χ2n) is 6.11. The van der Waals surface area contributed by atoms with Gasteiger partial charge >= 0.3 is 5.97 Å². The number of carbonyl (C=O) groups excluding carboxylic acids is 1. The molecule has 0 saturated heterocycles. The van der Waals surface area contributed by atoms with E-state index in [4.69, 9.17) is 0 Å². The lowest BCUT2D eigenvalue weighted by Gasteiger charge is -2.34. The Kier molecular flexibility index (Phi) is 3.41. The van der Waals surface area contributed by atoms with E-state index in [2.05, 4.69) is 4.98 Å². The molecular formula is C17H16N2O3S. The second-order valence-corrected chi connectivity index (χ2v) is 6.99. The summed E-state index contributed by atoms with van der Waals surface area (Å²) in [6.07, 6.45) is 2.61. The van der Waals surface area contributed by atoms with Crippen LogP contribution in [0.4, 0.5) is 0 Å². The van der Waals surface area contributed by atoms with Gasteiger partial charge in [0.25, 0.3) is 5.91 Å². The van der Waals surface area contributed by atoms with Crippen LogP contribution >= 0.6 is 11.3 Å². The van der Waals surface area contributed by atoms with Crippen molar-refractivity contribution in [3.8, 4) is 0 Å². The normalized spacial score (nSPS) is 20.2. The first kappa shape index (κ1) is 14.4. The zero-order valence-corrected chi connectivity index (χ0v) is 13.3. The number of benzene rings is 1. The van der Waals surface area contributed by atoms with Gasteiger partial charge < -0.3 is 10.0 Å². The molecule has 1 aromatic heterocycles. The van der Waals surface area contributed by atoms with Gasteiger partial charge in [0, 0.05) is 24.3 Å². The predicted molar refractivity (Wildman–Crippen MR) is 85.5 cm³/mol. The third-order valence-corrected chi connectivity index (χ3v) is 5.47. The summed E-state index contributed by atoms with van der Waals surface area (Å²) in [5.41, 5.74) is 2.39. The second kappa shape index (κ2) is 5.45. The van der Waals surface area contributed by atoms with E-state index in [9.17, 15) is 14.7 Å². The van der Waals surface area contributed by atoms with Crippen LogP contribution in [0.3, 0.4) is 0 Å². The van der Waals surface area contributed by atoms with Gasteiger partial charge in [0.2, 0.25) is 0 Å². The van der Waals surface area contributed by atoms with Gasteiger partial charge in [0.1, 0.15) is 11.7 Å². The van der Waals surface area contributed by atoms with Crippen molar-refractivity contribution in [3.63, 3.8) is 0 Å². The van der Waals surface area contributed by atoms with E-state index in [0.29, 0.717) is 24.6 Å². The number of carboxylic acid groups (broad SMARTS) is 1. The molecule has 1 N–H and O–H groups in total. The Balaban J connectivity index is 1.64. The molecular weight excluding hydrogens is 312 g/mol. The van der Waals surface area contributed by atoms with Gasteiger partial charge in [0.15, 0.2) is 0 Å². The highest BCUT2D eigenvalue weighted by Gasteiger charge is 2.36. The SMILES string of the molecule is O=C(O)[C@@H]1Cc2ccccc2CN1C(=O)c1csc(C2CC2)n1. The molecule has 1 atom stereocenters. The largest absolute Gasteiger partial charge is 0.480 e. The zero-order chi connectivity index (χ0) is 16.0. The monoisotopic (exact) mass is 328 g/mol. The van der Waals surface area contributed by atoms with Gasteiger partial charge in [0.05, 0.1) is 5.01 Å². The number of amides is 1. The lowest BCUT2D eigenvalue weighted by atomic mass is 9.94. The molecule has 1 amide bonds. The van der Waals surface area contributed by atoms with E-state index >= 15 is 0 Å². The van der Waals surface area contributed by atoms with Crippen LogP contribution in [-0.4, -0.2) is 32.9 Å². The van der Waals surface area contributed by atoms with Crippen LogP contribution in [0.5, 0.6) is 0 Å². The molecule has 6 heteroatoms. The molecule has 1 fully saturated rings. The molecule has 0 spiro atoms. The Bertz CT molecular complexity index is 782. The Morgan fingerprint density at radius 2 is 1.96 bits per heavy atom. The lowest BCUT2D eigenvalue weighted by Crippen LogP contribution is -2.48. The van der Waals surface area contributed by atoms with Crippen molar-refractivity contribution in [1.82, 2.24) is 9.88 Å². The Morgan fingerprint density at radius 3 is 2.65 bits per heavy atom. The average molecular weight is 328 g/mol. The molecule has 0 radical (unpaired) electrons. The van der Waals surface area contributed by atoms with Gasteiger partial charge in [-0.3, -0.25) is 4.79 Å². The zero-order valence-electron chi connectivity index (χ0n) is 12.4. The van der Waals surface area contributed by atoms with Crippen molar-refractivity contribution in [2.24, 2.45) is 0 Å². The summed E-state index contributed by atoms with van der Waals surface area (Å²) in [4.78, 5) is 30.3. The van der Waals surface area contributed by atoms with Gasteiger partial charge in [-0.1, -0.05) is 24.3 Å². The fourth-order valence-electron chi connectivity index (χ4n) is 3.01. The van der Waals surface area contributed by atoms with E-state index in [1.807, 2.05) is 24.3 Å². The fraction of sp³-hybridized carbons (Fsp3) is 0.353. The molecule has 1 aliphatic carbocycles. The quantitative estimate of drug-likeness (QED) is 0.940. The molecule has 1 aromatic carbocycles. The molecule has 0 bridgehead atoms. The minimum atomic E-state index is -0.967. The Morgan fingerprint density at radius 1 is 1.22 bits per heavy atom. The number of carboxylic acids is 1. The minimum absolute atomic E-state index is 0.282. The summed E-state index contributed by atoms with van der Waals surface area (Å²) >= 11 is 1.50. The molecule has 5 nitrogen and oxygen atoms in total. The molecule has 4 rings (SSSR count). The van der Waals surface area contributed by atoms with Crippen LogP contribution < -0.4 is 0 Å². The maximum absolute atomic E-state index is 12.8. The first-order valence-corrected chi connectivity index (χ1v) is 8.57. The summed E-state index contributed by atoms with van der Waals surface area (Å²) < 4.78 is 0. The first-order chi connectivity index (χ1) is 11.1. The molecule has 2 heterocycles. The van der Waals surface area contributed by atoms with Gasteiger partial charge in [-0.25, -0.2) is 9.78 Å². The topological polar surface area (TPSA) is 70.5 Å². The van der Waals surface area contributed by atoms with Gasteiger partial charge in [-0.05, 0) is 24.0 Å². The van der Waals surface area contributed by atoms with E-state index in [1.165, 1.54) is 16.2 Å². The maximum atomic E-state index is 12.8. The number of hydrogen-bond donors (Lipinski definition) is 1. The summed E-state index contributed by atoms with van der Waals surface area (Å²) in [6, 6.07) is 6.86. The van der Waals surface area contributed by atoms with E-state index in [0.717, 1.165) is 29.0 Å². The Hall–Kier alpha value is -2.21. The number of fused-ring (bicyclic) bond motifs is 1. The van der Waals surface area contributed by atoms with Crippen LogP contribution in [-0.2, 0) is 17.8 Å². The smallest absolute Gasteiger partial charge is 0.326 e. The summed E-state index contributed by atoms with van der Waals surface area (Å²) in [6.45, 7) is 0.322. The molecule has 1 saturated carbocycles. The third-order valence-electron chi connectivity index (χ3n) is 4.46. The maximum Gasteiger partial charge on any atom is 0.326 e. The van der Waals surface area contributed by atoms with Crippen molar-refractivity contribution in [3.05, 3.63) is 51.5 Å². The molecule has 0 unspecified atom stereocenters. The van der Waals surface area contributed by atoms with Crippen molar-refractivity contribution < 1.29 is 14.7 Å². The number of aromatic nitrogens is 1. The van der Waals surface area contributed by atoms with Crippen molar-refractivity contribution in [2.45, 2.75) is 37.8 Å².